The minimum absolute atomic E-state index is 0.127. The molecule has 0 saturated carbocycles. The Morgan fingerprint density at radius 3 is 2.88 bits per heavy atom. The SMILES string of the molecule is COc1cc(NC2(CN)CCOCC2)ncn1. The molecule has 2 rings (SSSR count). The summed E-state index contributed by atoms with van der Waals surface area (Å²) in [4.78, 5) is 8.15. The van der Waals surface area contributed by atoms with Crippen molar-refractivity contribution in [3.8, 4) is 5.88 Å². The summed E-state index contributed by atoms with van der Waals surface area (Å²) in [5.41, 5.74) is 5.74. The van der Waals surface area contributed by atoms with Gasteiger partial charge in [-0.15, -0.1) is 0 Å². The first kappa shape index (κ1) is 12.1. The maximum absolute atomic E-state index is 5.86. The normalized spacial score (nSPS) is 18.7. The lowest BCUT2D eigenvalue weighted by molar-refractivity contribution is 0.0627. The number of hydrogen-bond donors (Lipinski definition) is 2. The Balaban J connectivity index is 2.11. The van der Waals surface area contributed by atoms with E-state index in [0.717, 1.165) is 31.9 Å². The molecule has 0 aliphatic carbocycles. The summed E-state index contributed by atoms with van der Waals surface area (Å²) in [5.74, 6) is 1.28. The summed E-state index contributed by atoms with van der Waals surface area (Å²) >= 11 is 0. The summed E-state index contributed by atoms with van der Waals surface area (Å²) in [5, 5.41) is 3.38. The van der Waals surface area contributed by atoms with Gasteiger partial charge in [0.2, 0.25) is 5.88 Å². The first-order valence-electron chi connectivity index (χ1n) is 5.70. The Kier molecular flexibility index (Phi) is 3.75. The van der Waals surface area contributed by atoms with Gasteiger partial charge in [-0.3, -0.25) is 0 Å². The van der Waals surface area contributed by atoms with Gasteiger partial charge in [0.1, 0.15) is 12.1 Å². The molecular formula is C11H18N4O2. The minimum Gasteiger partial charge on any atom is -0.481 e. The van der Waals surface area contributed by atoms with E-state index in [2.05, 4.69) is 15.3 Å². The van der Waals surface area contributed by atoms with E-state index < -0.39 is 0 Å². The molecule has 17 heavy (non-hydrogen) atoms. The van der Waals surface area contributed by atoms with Crippen molar-refractivity contribution in [1.82, 2.24) is 9.97 Å². The van der Waals surface area contributed by atoms with Gasteiger partial charge >= 0.3 is 0 Å². The van der Waals surface area contributed by atoms with Crippen molar-refractivity contribution in [3.05, 3.63) is 12.4 Å². The topological polar surface area (TPSA) is 82.3 Å². The molecule has 0 bridgehead atoms. The first-order chi connectivity index (χ1) is 8.28. The molecule has 1 aromatic heterocycles. The molecule has 6 nitrogen and oxygen atoms in total. The largest absolute Gasteiger partial charge is 0.481 e. The molecule has 0 radical (unpaired) electrons. The molecule has 2 heterocycles. The summed E-state index contributed by atoms with van der Waals surface area (Å²) in [6, 6.07) is 1.77. The summed E-state index contributed by atoms with van der Waals surface area (Å²) in [6.45, 7) is 2.02. The van der Waals surface area contributed by atoms with Crippen LogP contribution in [0.3, 0.4) is 0 Å². The lowest BCUT2D eigenvalue weighted by Crippen LogP contribution is -2.49. The summed E-state index contributed by atoms with van der Waals surface area (Å²) < 4.78 is 10.4. The molecule has 1 aromatic rings. The highest BCUT2D eigenvalue weighted by Gasteiger charge is 2.31. The van der Waals surface area contributed by atoms with Crippen molar-refractivity contribution in [3.63, 3.8) is 0 Å². The van der Waals surface area contributed by atoms with Crippen molar-refractivity contribution in [2.75, 3.05) is 32.2 Å². The molecule has 0 unspecified atom stereocenters. The van der Waals surface area contributed by atoms with E-state index >= 15 is 0 Å². The zero-order valence-corrected chi connectivity index (χ0v) is 9.98. The first-order valence-corrected chi connectivity index (χ1v) is 5.70. The van der Waals surface area contributed by atoms with Crippen LogP contribution in [0, 0.1) is 0 Å². The Morgan fingerprint density at radius 1 is 1.47 bits per heavy atom. The Hall–Kier alpha value is -1.40. The molecule has 0 aromatic carbocycles. The zero-order chi connectivity index (χ0) is 12.1. The Morgan fingerprint density at radius 2 is 2.24 bits per heavy atom. The van der Waals surface area contributed by atoms with Gasteiger partial charge in [0.05, 0.1) is 12.6 Å². The van der Waals surface area contributed by atoms with Crippen molar-refractivity contribution in [2.24, 2.45) is 5.73 Å². The molecule has 6 heteroatoms. The molecule has 1 aliphatic rings. The summed E-state index contributed by atoms with van der Waals surface area (Å²) in [6.07, 6.45) is 3.25. The second-order valence-electron chi connectivity index (χ2n) is 4.17. The standard InChI is InChI=1S/C11H18N4O2/c1-16-10-6-9(13-8-14-10)15-11(7-12)2-4-17-5-3-11/h6,8H,2-5,7,12H2,1H3,(H,13,14,15). The highest BCUT2D eigenvalue weighted by Crippen LogP contribution is 2.24. The maximum atomic E-state index is 5.86. The lowest BCUT2D eigenvalue weighted by atomic mass is 9.90. The number of hydrogen-bond acceptors (Lipinski definition) is 6. The number of rotatable bonds is 4. The van der Waals surface area contributed by atoms with Gasteiger partial charge in [-0.05, 0) is 12.8 Å². The average molecular weight is 238 g/mol. The molecule has 1 aliphatic heterocycles. The van der Waals surface area contributed by atoms with Crippen LogP contribution >= 0.6 is 0 Å². The number of nitrogens with two attached hydrogens (primary N) is 1. The number of anilines is 1. The molecule has 94 valence electrons. The Labute approximate surface area is 101 Å². The molecule has 3 N–H and O–H groups in total. The zero-order valence-electron chi connectivity index (χ0n) is 9.98. The number of aromatic nitrogens is 2. The number of methoxy groups -OCH3 is 1. The third-order valence-corrected chi connectivity index (χ3v) is 3.09. The van der Waals surface area contributed by atoms with Crippen LogP contribution in [0.25, 0.3) is 0 Å². The van der Waals surface area contributed by atoms with Crippen molar-refractivity contribution in [1.29, 1.82) is 0 Å². The predicted molar refractivity (Wildman–Crippen MR) is 64.0 cm³/mol. The van der Waals surface area contributed by atoms with Gasteiger partial charge in [-0.25, -0.2) is 9.97 Å². The van der Waals surface area contributed by atoms with Crippen LogP contribution in [-0.4, -0.2) is 42.4 Å². The maximum Gasteiger partial charge on any atom is 0.218 e. The average Bonchev–Trinajstić information content (AvgIpc) is 2.40. The van der Waals surface area contributed by atoms with Gasteiger partial charge in [0.15, 0.2) is 0 Å². The lowest BCUT2D eigenvalue weighted by Gasteiger charge is -2.37. The third kappa shape index (κ3) is 2.83. The van der Waals surface area contributed by atoms with Crippen molar-refractivity contribution < 1.29 is 9.47 Å². The third-order valence-electron chi connectivity index (χ3n) is 3.09. The van der Waals surface area contributed by atoms with E-state index in [1.165, 1.54) is 6.33 Å². The van der Waals surface area contributed by atoms with Crippen LogP contribution in [0.5, 0.6) is 5.88 Å². The van der Waals surface area contributed by atoms with E-state index in [-0.39, 0.29) is 5.54 Å². The van der Waals surface area contributed by atoms with Crippen LogP contribution in [0.15, 0.2) is 12.4 Å². The molecule has 0 atom stereocenters. The van der Waals surface area contributed by atoms with Gasteiger partial charge in [-0.2, -0.15) is 0 Å². The van der Waals surface area contributed by atoms with Crippen LogP contribution in [0.4, 0.5) is 5.82 Å². The van der Waals surface area contributed by atoms with Crippen LogP contribution in [-0.2, 0) is 4.74 Å². The number of ether oxygens (including phenoxy) is 2. The monoisotopic (exact) mass is 238 g/mol. The quantitative estimate of drug-likeness (QED) is 0.790. The van der Waals surface area contributed by atoms with E-state index in [9.17, 15) is 0 Å². The molecule has 0 amide bonds. The van der Waals surface area contributed by atoms with E-state index in [1.807, 2.05) is 0 Å². The van der Waals surface area contributed by atoms with Crippen LogP contribution in [0.1, 0.15) is 12.8 Å². The predicted octanol–water partition coefficient (Wildman–Crippen LogP) is 0.405. The van der Waals surface area contributed by atoms with E-state index in [1.54, 1.807) is 13.2 Å². The smallest absolute Gasteiger partial charge is 0.218 e. The Bertz CT molecular complexity index is 366. The highest BCUT2D eigenvalue weighted by atomic mass is 16.5. The molecule has 0 spiro atoms. The van der Waals surface area contributed by atoms with Crippen molar-refractivity contribution >= 4 is 5.82 Å². The fourth-order valence-electron chi connectivity index (χ4n) is 1.93. The molecular weight excluding hydrogens is 220 g/mol. The number of nitrogens with one attached hydrogen (secondary N) is 1. The fraction of sp³-hybridized carbons (Fsp3) is 0.636. The van der Waals surface area contributed by atoms with E-state index in [0.29, 0.717) is 12.4 Å². The molecule has 1 saturated heterocycles. The second kappa shape index (κ2) is 5.29. The summed E-state index contributed by atoms with van der Waals surface area (Å²) in [7, 11) is 1.58. The van der Waals surface area contributed by atoms with Gasteiger partial charge in [0.25, 0.3) is 0 Å². The van der Waals surface area contributed by atoms with Crippen molar-refractivity contribution in [2.45, 2.75) is 18.4 Å². The van der Waals surface area contributed by atoms with Gasteiger partial charge < -0.3 is 20.5 Å². The van der Waals surface area contributed by atoms with E-state index in [4.69, 9.17) is 15.2 Å². The van der Waals surface area contributed by atoms with Gasteiger partial charge in [0, 0.05) is 25.8 Å². The van der Waals surface area contributed by atoms with Crippen LogP contribution < -0.4 is 15.8 Å². The van der Waals surface area contributed by atoms with Gasteiger partial charge in [-0.1, -0.05) is 0 Å². The fourth-order valence-corrected chi connectivity index (χ4v) is 1.93. The second-order valence-corrected chi connectivity index (χ2v) is 4.17. The molecule has 1 fully saturated rings. The number of nitrogens with zero attached hydrogens (tertiary/aromatic N) is 2. The highest BCUT2D eigenvalue weighted by molar-refractivity contribution is 5.40. The minimum atomic E-state index is -0.127. The van der Waals surface area contributed by atoms with Crippen LogP contribution in [0.2, 0.25) is 0 Å².